The molecule has 96 valence electrons. The van der Waals surface area contributed by atoms with Gasteiger partial charge in [-0.3, -0.25) is 0 Å². The van der Waals surface area contributed by atoms with Crippen molar-refractivity contribution in [2.24, 2.45) is 5.73 Å². The fraction of sp³-hybridized carbons (Fsp3) is 0.562. The lowest BCUT2D eigenvalue weighted by molar-refractivity contribution is 0.232. The Morgan fingerprint density at radius 2 is 2.11 bits per heavy atom. The minimum Gasteiger partial charge on any atom is -0.325 e. The van der Waals surface area contributed by atoms with Crippen molar-refractivity contribution in [2.45, 2.75) is 57.4 Å². The van der Waals surface area contributed by atoms with E-state index in [1.165, 1.54) is 17.5 Å². The largest absolute Gasteiger partial charge is 0.325 e. The lowest BCUT2D eigenvalue weighted by Crippen LogP contribution is -2.46. The average molecular weight is 242 g/mol. The Bertz CT molecular complexity index is 464. The molecule has 0 atom stereocenters. The predicted molar refractivity (Wildman–Crippen MR) is 74.3 cm³/mol. The van der Waals surface area contributed by atoms with Gasteiger partial charge in [0, 0.05) is 5.54 Å². The van der Waals surface area contributed by atoms with Crippen molar-refractivity contribution in [3.05, 3.63) is 34.9 Å². The molecule has 0 spiro atoms. The molecule has 1 aromatic rings. The van der Waals surface area contributed by atoms with Gasteiger partial charge in [0.25, 0.3) is 0 Å². The van der Waals surface area contributed by atoms with Gasteiger partial charge >= 0.3 is 0 Å². The van der Waals surface area contributed by atoms with Crippen LogP contribution >= 0.6 is 0 Å². The highest BCUT2D eigenvalue weighted by molar-refractivity contribution is 5.39. The number of hydrogen-bond donors (Lipinski definition) is 1. The molecule has 1 saturated carbocycles. The summed E-state index contributed by atoms with van der Waals surface area (Å²) < 4.78 is 0. The molecular formula is C16H22N2. The number of nitriles is 1. The molecule has 0 saturated heterocycles. The third-order valence-corrected chi connectivity index (χ3v) is 4.14. The normalized spacial score (nSPS) is 17.3. The molecule has 2 heteroatoms. The topological polar surface area (TPSA) is 49.8 Å². The molecule has 18 heavy (non-hydrogen) atoms. The van der Waals surface area contributed by atoms with Gasteiger partial charge in [0.15, 0.2) is 0 Å². The van der Waals surface area contributed by atoms with Gasteiger partial charge in [0.05, 0.1) is 11.6 Å². The van der Waals surface area contributed by atoms with Crippen molar-refractivity contribution in [3.63, 3.8) is 0 Å². The Balaban J connectivity index is 2.16. The second-order valence-electron chi connectivity index (χ2n) is 5.90. The molecule has 1 fully saturated rings. The summed E-state index contributed by atoms with van der Waals surface area (Å²) in [6.45, 7) is 4.40. The molecule has 2 rings (SSSR count). The van der Waals surface area contributed by atoms with Crippen LogP contribution in [0.15, 0.2) is 18.2 Å². The number of nitrogens with two attached hydrogens (primary N) is 1. The van der Waals surface area contributed by atoms with E-state index in [-0.39, 0.29) is 5.54 Å². The van der Waals surface area contributed by atoms with E-state index in [4.69, 9.17) is 11.0 Å². The molecule has 1 aliphatic carbocycles. The molecule has 0 bridgehead atoms. The first-order chi connectivity index (χ1) is 8.54. The minimum absolute atomic E-state index is 0.0664. The van der Waals surface area contributed by atoms with E-state index in [0.717, 1.165) is 31.2 Å². The smallest absolute Gasteiger partial charge is 0.0991 e. The summed E-state index contributed by atoms with van der Waals surface area (Å²) in [6.07, 6.45) is 5.62. The molecule has 0 aromatic heterocycles. The van der Waals surface area contributed by atoms with E-state index in [1.54, 1.807) is 0 Å². The molecule has 2 N–H and O–H groups in total. The van der Waals surface area contributed by atoms with Crippen LogP contribution < -0.4 is 5.73 Å². The van der Waals surface area contributed by atoms with Crippen molar-refractivity contribution in [2.75, 3.05) is 0 Å². The first kappa shape index (κ1) is 13.1. The van der Waals surface area contributed by atoms with Crippen LogP contribution in [0.3, 0.4) is 0 Å². The van der Waals surface area contributed by atoms with Crippen LogP contribution in [-0.4, -0.2) is 5.54 Å². The van der Waals surface area contributed by atoms with Gasteiger partial charge in [-0.05, 0) is 61.3 Å². The van der Waals surface area contributed by atoms with Gasteiger partial charge in [-0.2, -0.15) is 5.26 Å². The van der Waals surface area contributed by atoms with Gasteiger partial charge in [-0.1, -0.05) is 19.9 Å². The van der Waals surface area contributed by atoms with Gasteiger partial charge in [-0.25, -0.2) is 0 Å². The number of benzene rings is 1. The molecule has 0 radical (unpaired) electrons. The summed E-state index contributed by atoms with van der Waals surface area (Å²) in [7, 11) is 0. The highest BCUT2D eigenvalue weighted by Gasteiger charge is 2.31. The minimum atomic E-state index is 0.0664. The Hall–Kier alpha value is -1.33. The van der Waals surface area contributed by atoms with Gasteiger partial charge < -0.3 is 5.73 Å². The van der Waals surface area contributed by atoms with Crippen molar-refractivity contribution < 1.29 is 0 Å². The van der Waals surface area contributed by atoms with Crippen molar-refractivity contribution in [1.29, 1.82) is 5.26 Å². The van der Waals surface area contributed by atoms with Crippen LogP contribution in [0, 0.1) is 11.3 Å². The molecule has 1 aromatic carbocycles. The number of nitrogens with zero attached hydrogens (tertiary/aromatic N) is 1. The second-order valence-corrected chi connectivity index (χ2v) is 5.90. The first-order valence-corrected chi connectivity index (χ1v) is 6.86. The van der Waals surface area contributed by atoms with E-state index in [0.29, 0.717) is 5.92 Å². The monoisotopic (exact) mass is 242 g/mol. The fourth-order valence-corrected chi connectivity index (χ4v) is 2.72. The molecule has 2 nitrogen and oxygen atoms in total. The molecular weight excluding hydrogens is 220 g/mol. The third-order valence-electron chi connectivity index (χ3n) is 4.14. The zero-order chi connectivity index (χ0) is 13.2. The van der Waals surface area contributed by atoms with Crippen LogP contribution in [0.5, 0.6) is 0 Å². The maximum atomic E-state index is 9.00. The SMILES string of the molecule is CC(C)c1ccc(C#N)cc1CCC1(N)CCC1. The molecule has 0 heterocycles. The van der Waals surface area contributed by atoms with E-state index in [2.05, 4.69) is 26.0 Å². The van der Waals surface area contributed by atoms with Gasteiger partial charge in [0.1, 0.15) is 0 Å². The number of rotatable bonds is 4. The quantitative estimate of drug-likeness (QED) is 0.878. The molecule has 0 amide bonds. The van der Waals surface area contributed by atoms with E-state index in [9.17, 15) is 0 Å². The highest BCUT2D eigenvalue weighted by Crippen LogP contribution is 2.34. The van der Waals surface area contributed by atoms with Crippen LogP contribution in [-0.2, 0) is 6.42 Å². The maximum absolute atomic E-state index is 9.00. The maximum Gasteiger partial charge on any atom is 0.0991 e. The summed E-state index contributed by atoms with van der Waals surface area (Å²) in [5, 5.41) is 9.00. The summed E-state index contributed by atoms with van der Waals surface area (Å²) in [4.78, 5) is 0. The van der Waals surface area contributed by atoms with Crippen LogP contribution in [0.25, 0.3) is 0 Å². The van der Waals surface area contributed by atoms with E-state index in [1.807, 2.05) is 12.1 Å². The first-order valence-electron chi connectivity index (χ1n) is 6.86. The van der Waals surface area contributed by atoms with Crippen LogP contribution in [0.1, 0.15) is 62.1 Å². The zero-order valence-electron chi connectivity index (χ0n) is 11.4. The van der Waals surface area contributed by atoms with Crippen LogP contribution in [0.4, 0.5) is 0 Å². The van der Waals surface area contributed by atoms with Gasteiger partial charge in [0.2, 0.25) is 0 Å². The summed E-state index contributed by atoms with van der Waals surface area (Å²) in [5.41, 5.74) is 9.77. The Kier molecular flexibility index (Phi) is 3.73. The lowest BCUT2D eigenvalue weighted by atomic mass is 9.73. The second kappa shape index (κ2) is 5.12. The zero-order valence-corrected chi connectivity index (χ0v) is 11.4. The van der Waals surface area contributed by atoms with Crippen molar-refractivity contribution in [1.82, 2.24) is 0 Å². The van der Waals surface area contributed by atoms with E-state index < -0.39 is 0 Å². The Morgan fingerprint density at radius 3 is 2.61 bits per heavy atom. The van der Waals surface area contributed by atoms with Crippen molar-refractivity contribution >= 4 is 0 Å². The van der Waals surface area contributed by atoms with Gasteiger partial charge in [-0.15, -0.1) is 0 Å². The molecule has 1 aliphatic rings. The number of aryl methyl sites for hydroxylation is 1. The standard InChI is InChI=1S/C16H22N2/c1-12(2)15-5-4-13(11-17)10-14(15)6-9-16(18)7-3-8-16/h4-5,10,12H,3,6-9,18H2,1-2H3. The number of hydrogen-bond acceptors (Lipinski definition) is 2. The van der Waals surface area contributed by atoms with Crippen LogP contribution in [0.2, 0.25) is 0 Å². The molecule has 0 aliphatic heterocycles. The predicted octanol–water partition coefficient (Wildman–Crippen LogP) is 3.50. The summed E-state index contributed by atoms with van der Waals surface area (Å²) >= 11 is 0. The van der Waals surface area contributed by atoms with Crippen molar-refractivity contribution in [3.8, 4) is 6.07 Å². The lowest BCUT2D eigenvalue weighted by Gasteiger charge is -2.38. The highest BCUT2D eigenvalue weighted by atomic mass is 14.8. The summed E-state index contributed by atoms with van der Waals surface area (Å²) in [6, 6.07) is 8.28. The average Bonchev–Trinajstić information content (AvgIpc) is 2.33. The Morgan fingerprint density at radius 1 is 1.39 bits per heavy atom. The van der Waals surface area contributed by atoms with E-state index >= 15 is 0 Å². The summed E-state index contributed by atoms with van der Waals surface area (Å²) in [5.74, 6) is 0.503. The Labute approximate surface area is 110 Å². The third kappa shape index (κ3) is 2.73. The molecule has 0 unspecified atom stereocenters. The fourth-order valence-electron chi connectivity index (χ4n) is 2.72.